The van der Waals surface area contributed by atoms with E-state index in [-0.39, 0.29) is 17.9 Å². The number of benzene rings is 2. The van der Waals surface area contributed by atoms with E-state index in [0.717, 1.165) is 11.1 Å². The Labute approximate surface area is 146 Å². The Morgan fingerprint density at radius 2 is 1.88 bits per heavy atom. The molecule has 0 bridgehead atoms. The molecule has 0 spiro atoms. The Kier molecular flexibility index (Phi) is 5.16. The molecule has 1 fully saturated rings. The molecule has 0 aromatic heterocycles. The molecule has 0 radical (unpaired) electrons. The molecule has 2 N–H and O–H groups in total. The van der Waals surface area contributed by atoms with Crippen molar-refractivity contribution < 1.29 is 9.59 Å². The molecule has 2 amide bonds. The smallest absolute Gasteiger partial charge is 0.243 e. The van der Waals surface area contributed by atoms with Gasteiger partial charge in [-0.15, -0.1) is 0 Å². The van der Waals surface area contributed by atoms with E-state index in [1.54, 1.807) is 0 Å². The maximum Gasteiger partial charge on any atom is 0.243 e. The molecule has 1 aliphatic heterocycles. The fraction of sp³-hybridized carbons (Fsp3) is 0.263. The first kappa shape index (κ1) is 16.5. The molecule has 124 valence electrons. The van der Waals surface area contributed by atoms with E-state index in [1.807, 2.05) is 54.6 Å². The summed E-state index contributed by atoms with van der Waals surface area (Å²) in [5.74, 6) is -0.223. The molecule has 0 saturated carbocycles. The van der Waals surface area contributed by atoms with Crippen molar-refractivity contribution in [2.45, 2.75) is 31.3 Å². The summed E-state index contributed by atoms with van der Waals surface area (Å²) in [6.07, 6.45) is 1.53. The van der Waals surface area contributed by atoms with Crippen molar-refractivity contribution >= 4 is 23.4 Å². The lowest BCUT2D eigenvalue weighted by molar-refractivity contribution is -0.126. The molecule has 4 nitrogen and oxygen atoms in total. The van der Waals surface area contributed by atoms with Gasteiger partial charge in [-0.25, -0.2) is 0 Å². The van der Waals surface area contributed by atoms with Crippen molar-refractivity contribution in [2.75, 3.05) is 0 Å². The van der Waals surface area contributed by atoms with Crippen molar-refractivity contribution in [3.63, 3.8) is 0 Å². The molecular weight excluding hydrogens is 324 g/mol. The van der Waals surface area contributed by atoms with Crippen LogP contribution in [-0.4, -0.2) is 17.9 Å². The first-order chi connectivity index (χ1) is 11.6. The van der Waals surface area contributed by atoms with Crippen molar-refractivity contribution in [3.8, 4) is 0 Å². The average molecular weight is 343 g/mol. The van der Waals surface area contributed by atoms with Crippen molar-refractivity contribution in [1.29, 1.82) is 0 Å². The quantitative estimate of drug-likeness (QED) is 0.877. The first-order valence-electron chi connectivity index (χ1n) is 8.01. The lowest BCUT2D eigenvalue weighted by atomic mass is 9.98. The Balaban J connectivity index is 1.79. The van der Waals surface area contributed by atoms with Crippen LogP contribution in [0.2, 0.25) is 5.02 Å². The molecule has 1 heterocycles. The highest BCUT2D eigenvalue weighted by molar-refractivity contribution is 6.31. The third-order valence-corrected chi connectivity index (χ3v) is 4.58. The van der Waals surface area contributed by atoms with E-state index >= 15 is 0 Å². The number of halogens is 1. The second-order valence-electron chi connectivity index (χ2n) is 5.93. The monoisotopic (exact) mass is 342 g/mol. The normalized spacial score (nSPS) is 18.0. The van der Waals surface area contributed by atoms with Crippen LogP contribution >= 0.6 is 11.6 Å². The molecule has 2 atom stereocenters. The minimum Gasteiger partial charge on any atom is -0.347 e. The van der Waals surface area contributed by atoms with Crippen molar-refractivity contribution in [3.05, 3.63) is 70.7 Å². The standard InChI is InChI=1S/C19H19ClN2O2/c20-15-9-5-4-8-14(15)12-17(13-6-2-1-3-7-13)22-19(24)16-10-11-18(23)21-16/h1-9,16-17H,10-12H2,(H,21,23)(H,22,24)/t16-,17+/m1/s1. The second-order valence-corrected chi connectivity index (χ2v) is 6.33. The minimum absolute atomic E-state index is 0.0717. The van der Waals surface area contributed by atoms with Gasteiger partial charge in [-0.2, -0.15) is 0 Å². The van der Waals surface area contributed by atoms with Crippen LogP contribution in [0.3, 0.4) is 0 Å². The van der Waals surface area contributed by atoms with E-state index in [1.165, 1.54) is 0 Å². The Hall–Kier alpha value is -2.33. The molecule has 24 heavy (non-hydrogen) atoms. The minimum atomic E-state index is -0.449. The Morgan fingerprint density at radius 1 is 1.17 bits per heavy atom. The summed E-state index contributed by atoms with van der Waals surface area (Å²) in [6.45, 7) is 0. The topological polar surface area (TPSA) is 58.2 Å². The largest absolute Gasteiger partial charge is 0.347 e. The predicted octanol–water partition coefficient (Wildman–Crippen LogP) is 3.02. The van der Waals surface area contributed by atoms with Gasteiger partial charge in [-0.1, -0.05) is 60.1 Å². The summed E-state index contributed by atoms with van der Waals surface area (Å²) in [5, 5.41) is 6.45. The Bertz CT molecular complexity index is 733. The summed E-state index contributed by atoms with van der Waals surface area (Å²) < 4.78 is 0. The summed E-state index contributed by atoms with van der Waals surface area (Å²) in [4.78, 5) is 23.8. The number of rotatable bonds is 5. The SMILES string of the molecule is O=C1CC[C@H](C(=O)N[C@@H](Cc2ccccc2Cl)c2ccccc2)N1. The number of nitrogens with one attached hydrogen (secondary N) is 2. The summed E-state index contributed by atoms with van der Waals surface area (Å²) >= 11 is 6.27. The molecular formula is C19H19ClN2O2. The Morgan fingerprint density at radius 3 is 2.54 bits per heavy atom. The highest BCUT2D eigenvalue weighted by Gasteiger charge is 2.29. The zero-order valence-corrected chi connectivity index (χ0v) is 13.9. The van der Waals surface area contributed by atoms with E-state index in [4.69, 9.17) is 11.6 Å². The van der Waals surface area contributed by atoms with E-state index in [2.05, 4.69) is 10.6 Å². The van der Waals surface area contributed by atoms with Gasteiger partial charge in [0.15, 0.2) is 0 Å². The summed E-state index contributed by atoms with van der Waals surface area (Å²) in [7, 11) is 0. The van der Waals surface area contributed by atoms with E-state index in [0.29, 0.717) is 24.3 Å². The van der Waals surface area contributed by atoms with Gasteiger partial charge in [0.25, 0.3) is 0 Å². The number of hydrogen-bond donors (Lipinski definition) is 2. The zero-order chi connectivity index (χ0) is 16.9. The van der Waals surface area contributed by atoms with Gasteiger partial charge in [-0.3, -0.25) is 9.59 Å². The molecule has 2 aromatic rings. The molecule has 1 aliphatic rings. The van der Waals surface area contributed by atoms with E-state index in [9.17, 15) is 9.59 Å². The zero-order valence-electron chi connectivity index (χ0n) is 13.2. The van der Waals surface area contributed by atoms with Gasteiger partial charge in [0.2, 0.25) is 11.8 Å². The van der Waals surface area contributed by atoms with Crippen LogP contribution in [0.5, 0.6) is 0 Å². The third-order valence-electron chi connectivity index (χ3n) is 4.21. The van der Waals surface area contributed by atoms with Gasteiger partial charge in [0, 0.05) is 11.4 Å². The van der Waals surface area contributed by atoms with Crippen LogP contribution in [0, 0.1) is 0 Å². The van der Waals surface area contributed by atoms with Crippen molar-refractivity contribution in [2.24, 2.45) is 0 Å². The van der Waals surface area contributed by atoms with Gasteiger partial charge in [0.1, 0.15) is 6.04 Å². The highest BCUT2D eigenvalue weighted by atomic mass is 35.5. The van der Waals surface area contributed by atoms with Crippen LogP contribution in [0.1, 0.15) is 30.0 Å². The maximum atomic E-state index is 12.5. The second kappa shape index (κ2) is 7.49. The maximum absolute atomic E-state index is 12.5. The number of amides is 2. The highest BCUT2D eigenvalue weighted by Crippen LogP contribution is 2.24. The van der Waals surface area contributed by atoms with Gasteiger partial charge in [0.05, 0.1) is 6.04 Å². The lowest BCUT2D eigenvalue weighted by Gasteiger charge is -2.22. The molecule has 2 aromatic carbocycles. The lowest BCUT2D eigenvalue weighted by Crippen LogP contribution is -2.43. The number of hydrogen-bond acceptors (Lipinski definition) is 2. The van der Waals surface area contributed by atoms with E-state index < -0.39 is 6.04 Å². The fourth-order valence-electron chi connectivity index (χ4n) is 2.90. The first-order valence-corrected chi connectivity index (χ1v) is 8.39. The molecule has 0 aliphatic carbocycles. The van der Waals surface area contributed by atoms with Crippen molar-refractivity contribution in [1.82, 2.24) is 10.6 Å². The van der Waals surface area contributed by atoms with Crippen LogP contribution in [0.4, 0.5) is 0 Å². The predicted molar refractivity (Wildman–Crippen MR) is 93.6 cm³/mol. The number of carbonyl (C=O) groups is 2. The van der Waals surface area contributed by atoms with Crippen LogP contribution in [-0.2, 0) is 16.0 Å². The van der Waals surface area contributed by atoms with Crippen LogP contribution < -0.4 is 10.6 Å². The summed E-state index contributed by atoms with van der Waals surface area (Å²) in [5.41, 5.74) is 1.99. The molecule has 1 saturated heterocycles. The van der Waals surface area contributed by atoms with Gasteiger partial charge in [-0.05, 0) is 30.0 Å². The number of carbonyl (C=O) groups excluding carboxylic acids is 2. The van der Waals surface area contributed by atoms with Gasteiger partial charge >= 0.3 is 0 Å². The van der Waals surface area contributed by atoms with Crippen LogP contribution in [0.15, 0.2) is 54.6 Å². The van der Waals surface area contributed by atoms with Crippen LogP contribution in [0.25, 0.3) is 0 Å². The van der Waals surface area contributed by atoms with Gasteiger partial charge < -0.3 is 10.6 Å². The summed E-state index contributed by atoms with van der Waals surface area (Å²) in [6, 6.07) is 16.8. The third kappa shape index (κ3) is 3.95. The molecule has 0 unspecified atom stereocenters. The average Bonchev–Trinajstić information content (AvgIpc) is 3.03. The molecule has 5 heteroatoms. The fourth-order valence-corrected chi connectivity index (χ4v) is 3.12. The molecule has 3 rings (SSSR count).